The van der Waals surface area contributed by atoms with Crippen LogP contribution >= 0.6 is 0 Å². The Labute approximate surface area is 123 Å². The number of anilines is 1. The molecule has 1 aromatic rings. The molecule has 2 amide bonds. The molecular weight excluding hydrogens is 270 g/mol. The number of aromatic nitrogens is 2. The van der Waals surface area contributed by atoms with Crippen LogP contribution in [0.3, 0.4) is 0 Å². The highest BCUT2D eigenvalue weighted by Gasteiger charge is 2.16. The molecule has 2 rings (SSSR count). The maximum absolute atomic E-state index is 11.6. The predicted octanol–water partition coefficient (Wildman–Crippen LogP) is 0.201. The minimum Gasteiger partial charge on any atom is -0.368 e. The maximum atomic E-state index is 11.6. The van der Waals surface area contributed by atoms with Crippen molar-refractivity contribution in [3.8, 4) is 0 Å². The molecule has 7 nitrogen and oxygen atoms in total. The third-order valence-electron chi connectivity index (χ3n) is 3.22. The van der Waals surface area contributed by atoms with Crippen molar-refractivity contribution in [3.63, 3.8) is 0 Å². The molecule has 0 bridgehead atoms. The fraction of sp³-hybridized carbons (Fsp3) is 0.429. The number of amides is 2. The summed E-state index contributed by atoms with van der Waals surface area (Å²) >= 11 is 0. The Hall–Kier alpha value is -2.44. The lowest BCUT2D eigenvalue weighted by Gasteiger charge is -2.26. The van der Waals surface area contributed by atoms with E-state index < -0.39 is 0 Å². The molecule has 112 valence electrons. The minimum absolute atomic E-state index is 0.171. The van der Waals surface area contributed by atoms with Gasteiger partial charge in [-0.15, -0.1) is 0 Å². The van der Waals surface area contributed by atoms with Crippen LogP contribution in [-0.4, -0.2) is 46.3 Å². The molecule has 1 aliphatic rings. The average molecular weight is 289 g/mol. The summed E-state index contributed by atoms with van der Waals surface area (Å²) in [4.78, 5) is 32.7. The van der Waals surface area contributed by atoms with Crippen LogP contribution in [0.25, 0.3) is 6.08 Å². The summed E-state index contributed by atoms with van der Waals surface area (Å²) in [6.45, 7) is 1.80. The fourth-order valence-corrected chi connectivity index (χ4v) is 2.08. The van der Waals surface area contributed by atoms with Crippen molar-refractivity contribution < 1.29 is 9.59 Å². The molecule has 1 fully saturated rings. The molecule has 0 aliphatic carbocycles. The van der Waals surface area contributed by atoms with E-state index >= 15 is 0 Å². The number of hydrogen-bond acceptors (Lipinski definition) is 5. The van der Waals surface area contributed by atoms with Gasteiger partial charge in [-0.1, -0.05) is 0 Å². The highest BCUT2D eigenvalue weighted by molar-refractivity contribution is 5.91. The second-order valence-corrected chi connectivity index (χ2v) is 4.84. The lowest BCUT2D eigenvalue weighted by atomic mass is 10.1. The van der Waals surface area contributed by atoms with E-state index in [1.807, 2.05) is 0 Å². The molecule has 0 unspecified atom stereocenters. The summed E-state index contributed by atoms with van der Waals surface area (Å²) in [7, 11) is 0. The second kappa shape index (κ2) is 7.37. The third kappa shape index (κ3) is 4.87. The number of nitrogen functional groups attached to an aromatic ring is 1. The van der Waals surface area contributed by atoms with Crippen molar-refractivity contribution in [3.05, 3.63) is 24.0 Å². The van der Waals surface area contributed by atoms with Crippen molar-refractivity contribution in [1.82, 2.24) is 20.2 Å². The zero-order valence-electron chi connectivity index (χ0n) is 11.8. The van der Waals surface area contributed by atoms with E-state index in [9.17, 15) is 9.59 Å². The Morgan fingerprint density at radius 1 is 1.38 bits per heavy atom. The Kier molecular flexibility index (Phi) is 5.25. The number of likely N-dealkylation sites (tertiary alicyclic amines) is 1. The van der Waals surface area contributed by atoms with Gasteiger partial charge in [-0.05, 0) is 18.9 Å². The van der Waals surface area contributed by atoms with Crippen LogP contribution in [0, 0.1) is 0 Å². The van der Waals surface area contributed by atoms with Crippen molar-refractivity contribution in [1.29, 1.82) is 0 Å². The van der Waals surface area contributed by atoms with Gasteiger partial charge in [0.1, 0.15) is 0 Å². The van der Waals surface area contributed by atoms with E-state index in [1.54, 1.807) is 23.4 Å². The van der Waals surface area contributed by atoms with E-state index in [1.165, 1.54) is 6.08 Å². The summed E-state index contributed by atoms with van der Waals surface area (Å²) in [5.74, 6) is 0.157. The third-order valence-corrected chi connectivity index (χ3v) is 3.22. The molecule has 0 saturated carbocycles. The van der Waals surface area contributed by atoms with Crippen molar-refractivity contribution in [2.45, 2.75) is 19.3 Å². The Morgan fingerprint density at radius 3 is 2.86 bits per heavy atom. The summed E-state index contributed by atoms with van der Waals surface area (Å²) in [5.41, 5.74) is 6.07. The molecular formula is C14H19N5O2. The van der Waals surface area contributed by atoms with Crippen LogP contribution in [0.4, 0.5) is 5.95 Å². The lowest BCUT2D eigenvalue weighted by molar-refractivity contribution is -0.133. The van der Waals surface area contributed by atoms with Gasteiger partial charge in [0.2, 0.25) is 17.8 Å². The first-order valence-electron chi connectivity index (χ1n) is 6.96. The Morgan fingerprint density at radius 2 is 2.14 bits per heavy atom. The zero-order valence-corrected chi connectivity index (χ0v) is 11.8. The smallest absolute Gasteiger partial charge is 0.244 e. The number of carbonyl (C=O) groups excluding carboxylic acids is 2. The maximum Gasteiger partial charge on any atom is 0.244 e. The Bertz CT molecular complexity index is 527. The van der Waals surface area contributed by atoms with Crippen LogP contribution in [0.2, 0.25) is 0 Å². The molecule has 1 saturated heterocycles. The van der Waals surface area contributed by atoms with Gasteiger partial charge in [0, 0.05) is 50.1 Å². The largest absolute Gasteiger partial charge is 0.368 e. The minimum atomic E-state index is -0.212. The zero-order chi connectivity index (χ0) is 15.1. The monoisotopic (exact) mass is 289 g/mol. The van der Waals surface area contributed by atoms with Gasteiger partial charge >= 0.3 is 0 Å². The van der Waals surface area contributed by atoms with Crippen molar-refractivity contribution >= 4 is 23.8 Å². The number of carbonyl (C=O) groups is 2. The molecule has 3 N–H and O–H groups in total. The van der Waals surface area contributed by atoms with E-state index in [-0.39, 0.29) is 17.8 Å². The molecule has 2 heterocycles. The van der Waals surface area contributed by atoms with E-state index in [2.05, 4.69) is 15.3 Å². The molecule has 0 aromatic carbocycles. The summed E-state index contributed by atoms with van der Waals surface area (Å²) in [5, 5.41) is 2.75. The van der Waals surface area contributed by atoms with Gasteiger partial charge in [0.15, 0.2) is 0 Å². The first kappa shape index (κ1) is 15.0. The van der Waals surface area contributed by atoms with Crippen molar-refractivity contribution in [2.24, 2.45) is 0 Å². The van der Waals surface area contributed by atoms with Crippen LogP contribution in [-0.2, 0) is 9.59 Å². The van der Waals surface area contributed by atoms with Gasteiger partial charge in [-0.2, -0.15) is 0 Å². The van der Waals surface area contributed by atoms with Gasteiger partial charge in [-0.25, -0.2) is 9.97 Å². The van der Waals surface area contributed by atoms with Gasteiger partial charge in [0.05, 0.1) is 0 Å². The van der Waals surface area contributed by atoms with Gasteiger partial charge < -0.3 is 16.0 Å². The van der Waals surface area contributed by atoms with Crippen LogP contribution < -0.4 is 11.1 Å². The molecule has 1 aliphatic heterocycles. The SMILES string of the molecule is Nc1ncc(/C=C/C(=O)NCCN2CCCCC2=O)cn1. The number of nitrogens with two attached hydrogens (primary N) is 1. The number of nitrogens with zero attached hydrogens (tertiary/aromatic N) is 3. The van der Waals surface area contributed by atoms with Crippen LogP contribution in [0.15, 0.2) is 18.5 Å². The molecule has 0 atom stereocenters. The Balaban J connectivity index is 1.72. The highest BCUT2D eigenvalue weighted by Crippen LogP contribution is 2.09. The lowest BCUT2D eigenvalue weighted by Crippen LogP contribution is -2.40. The highest BCUT2D eigenvalue weighted by atomic mass is 16.2. The first-order valence-corrected chi connectivity index (χ1v) is 6.96. The number of hydrogen-bond donors (Lipinski definition) is 2. The van der Waals surface area contributed by atoms with E-state index in [4.69, 9.17) is 5.73 Å². The van der Waals surface area contributed by atoms with Gasteiger partial charge in [-0.3, -0.25) is 9.59 Å². The van der Waals surface area contributed by atoms with Crippen LogP contribution in [0.5, 0.6) is 0 Å². The number of nitrogens with one attached hydrogen (secondary N) is 1. The number of piperidine rings is 1. The first-order chi connectivity index (χ1) is 10.1. The topological polar surface area (TPSA) is 101 Å². The molecule has 0 radical (unpaired) electrons. The summed E-state index contributed by atoms with van der Waals surface area (Å²) in [6.07, 6.45) is 8.72. The standard InChI is InChI=1S/C14H19N5O2/c15-14-17-9-11(10-18-14)4-5-12(20)16-6-8-19-7-2-1-3-13(19)21/h4-5,9-10H,1-3,6-8H2,(H,16,20)(H2,15,17,18)/b5-4+. The summed E-state index contributed by atoms with van der Waals surface area (Å²) in [6, 6.07) is 0. The van der Waals surface area contributed by atoms with E-state index in [0.717, 1.165) is 19.4 Å². The molecule has 7 heteroatoms. The fourth-order valence-electron chi connectivity index (χ4n) is 2.08. The number of rotatable bonds is 5. The quantitative estimate of drug-likeness (QED) is 0.754. The molecule has 0 spiro atoms. The van der Waals surface area contributed by atoms with Gasteiger partial charge in [0.25, 0.3) is 0 Å². The molecule has 1 aromatic heterocycles. The van der Waals surface area contributed by atoms with Crippen LogP contribution in [0.1, 0.15) is 24.8 Å². The average Bonchev–Trinajstić information content (AvgIpc) is 2.49. The predicted molar refractivity (Wildman–Crippen MR) is 78.9 cm³/mol. The second-order valence-electron chi connectivity index (χ2n) is 4.84. The molecule has 21 heavy (non-hydrogen) atoms. The van der Waals surface area contributed by atoms with Crippen molar-refractivity contribution in [2.75, 3.05) is 25.4 Å². The normalized spacial score (nSPS) is 15.4. The summed E-state index contributed by atoms with van der Waals surface area (Å²) < 4.78 is 0. The van der Waals surface area contributed by atoms with E-state index in [0.29, 0.717) is 25.1 Å².